The Labute approximate surface area is 236 Å². The van der Waals surface area contributed by atoms with E-state index in [-0.39, 0.29) is 11.3 Å². The highest BCUT2D eigenvalue weighted by Crippen LogP contribution is 2.39. The summed E-state index contributed by atoms with van der Waals surface area (Å²) in [7, 11) is 4.63. The van der Waals surface area contributed by atoms with Crippen LogP contribution in [0.25, 0.3) is 22.1 Å². The van der Waals surface area contributed by atoms with E-state index in [9.17, 15) is 14.7 Å². The van der Waals surface area contributed by atoms with Crippen molar-refractivity contribution in [2.24, 2.45) is 0 Å². The van der Waals surface area contributed by atoms with Gasteiger partial charge in [0.2, 0.25) is 6.29 Å². The highest BCUT2D eigenvalue weighted by Gasteiger charge is 2.26. The molecule has 1 aliphatic heterocycles. The number of ether oxygens (including phenoxy) is 5. The molecule has 0 unspecified atom stereocenters. The lowest BCUT2D eigenvalue weighted by molar-refractivity contribution is -0.138. The molecule has 41 heavy (non-hydrogen) atoms. The molecule has 0 aliphatic carbocycles. The number of aryl methyl sites for hydroxylation is 1. The summed E-state index contributed by atoms with van der Waals surface area (Å²) in [6.45, 7) is 2.10. The van der Waals surface area contributed by atoms with Crippen molar-refractivity contribution >= 4 is 22.6 Å². The number of carbonyl (C=O) groups is 1. The van der Waals surface area contributed by atoms with Crippen molar-refractivity contribution in [3.8, 4) is 34.1 Å². The van der Waals surface area contributed by atoms with Crippen LogP contribution in [0.4, 0.5) is 5.69 Å². The summed E-state index contributed by atoms with van der Waals surface area (Å²) in [5.41, 5.74) is 1.85. The number of methoxy groups -OCH3 is 3. The van der Waals surface area contributed by atoms with Gasteiger partial charge in [0.1, 0.15) is 22.8 Å². The van der Waals surface area contributed by atoms with Gasteiger partial charge < -0.3 is 38.5 Å². The Morgan fingerprint density at radius 3 is 2.54 bits per heavy atom. The Morgan fingerprint density at radius 1 is 1.00 bits per heavy atom. The first-order valence-corrected chi connectivity index (χ1v) is 13.1. The lowest BCUT2D eigenvalue weighted by atomic mass is 10.0. The summed E-state index contributed by atoms with van der Waals surface area (Å²) < 4.78 is 33.6. The first-order chi connectivity index (χ1) is 19.8. The number of aliphatic hydroxyl groups is 1. The number of hydrogen-bond acceptors (Lipinski definition) is 9. The second-order valence-corrected chi connectivity index (χ2v) is 9.60. The number of rotatable bonds is 8. The van der Waals surface area contributed by atoms with Crippen LogP contribution < -0.4 is 29.9 Å². The number of carbonyl (C=O) groups excluding carboxylic acids is 1. The molecule has 214 valence electrons. The molecule has 2 heterocycles. The van der Waals surface area contributed by atoms with Gasteiger partial charge in [-0.1, -0.05) is 12.1 Å². The van der Waals surface area contributed by atoms with E-state index in [2.05, 4.69) is 5.32 Å². The van der Waals surface area contributed by atoms with E-state index in [0.29, 0.717) is 64.5 Å². The average Bonchev–Trinajstić information content (AvgIpc) is 2.99. The number of nitrogens with one attached hydrogen (secondary N) is 1. The Bertz CT molecular complexity index is 1650. The fourth-order valence-electron chi connectivity index (χ4n) is 4.78. The van der Waals surface area contributed by atoms with Crippen LogP contribution in [-0.2, 0) is 4.74 Å². The van der Waals surface area contributed by atoms with Gasteiger partial charge in [-0.2, -0.15) is 0 Å². The maximum atomic E-state index is 13.3. The van der Waals surface area contributed by atoms with E-state index < -0.39 is 23.9 Å². The molecule has 3 aromatic carbocycles. The van der Waals surface area contributed by atoms with Crippen molar-refractivity contribution in [2.45, 2.75) is 32.2 Å². The quantitative estimate of drug-likeness (QED) is 0.288. The number of fused-ring (bicyclic) bond motifs is 1. The van der Waals surface area contributed by atoms with Gasteiger partial charge >= 0.3 is 5.63 Å². The Hall–Kier alpha value is -4.54. The average molecular weight is 562 g/mol. The maximum absolute atomic E-state index is 13.3. The third kappa shape index (κ3) is 5.84. The topological polar surface area (TPSA) is 126 Å². The highest BCUT2D eigenvalue weighted by molar-refractivity contribution is 6.06. The minimum atomic E-state index is -0.726. The molecule has 1 aromatic heterocycles. The Kier molecular flexibility index (Phi) is 8.14. The number of benzene rings is 3. The van der Waals surface area contributed by atoms with Crippen LogP contribution in [0.5, 0.6) is 23.0 Å². The smallest absolute Gasteiger partial charge is 0.360 e. The minimum Gasteiger partial charge on any atom is -0.497 e. The number of hydrogen-bond donors (Lipinski definition) is 2. The zero-order valence-electron chi connectivity index (χ0n) is 23.2. The van der Waals surface area contributed by atoms with Crippen molar-refractivity contribution in [1.29, 1.82) is 0 Å². The van der Waals surface area contributed by atoms with Crippen LogP contribution in [0.3, 0.4) is 0 Å². The monoisotopic (exact) mass is 561 g/mol. The first kappa shape index (κ1) is 28.0. The van der Waals surface area contributed by atoms with Crippen LogP contribution in [-0.4, -0.2) is 51.3 Å². The third-order valence-corrected chi connectivity index (χ3v) is 6.95. The molecule has 0 radical (unpaired) electrons. The van der Waals surface area contributed by atoms with Crippen molar-refractivity contribution in [1.82, 2.24) is 0 Å². The third-order valence-electron chi connectivity index (χ3n) is 6.95. The van der Waals surface area contributed by atoms with E-state index in [1.54, 1.807) is 45.4 Å². The summed E-state index contributed by atoms with van der Waals surface area (Å²) in [5, 5.41) is 13.2. The summed E-state index contributed by atoms with van der Waals surface area (Å²) in [6, 6.07) is 15.6. The van der Waals surface area contributed by atoms with Gasteiger partial charge in [-0.15, -0.1) is 0 Å². The van der Waals surface area contributed by atoms with Crippen molar-refractivity contribution in [3.63, 3.8) is 0 Å². The molecule has 10 nitrogen and oxygen atoms in total. The fraction of sp³-hybridized carbons (Fsp3) is 0.290. The first-order valence-electron chi connectivity index (χ1n) is 13.1. The summed E-state index contributed by atoms with van der Waals surface area (Å²) in [6.07, 6.45) is -0.349. The van der Waals surface area contributed by atoms with Gasteiger partial charge in [-0.3, -0.25) is 4.79 Å². The molecule has 1 amide bonds. The molecule has 0 spiro atoms. The minimum absolute atomic E-state index is 0.0323. The normalized spacial score (nSPS) is 16.7. The second-order valence-electron chi connectivity index (χ2n) is 9.60. The molecule has 10 heteroatoms. The second kappa shape index (κ2) is 11.9. The van der Waals surface area contributed by atoms with Gasteiger partial charge in [-0.25, -0.2) is 4.79 Å². The van der Waals surface area contributed by atoms with Gasteiger partial charge in [0.05, 0.1) is 34.0 Å². The van der Waals surface area contributed by atoms with Crippen LogP contribution in [0.1, 0.15) is 28.8 Å². The van der Waals surface area contributed by atoms with Gasteiger partial charge in [0.25, 0.3) is 5.91 Å². The molecular weight excluding hydrogens is 530 g/mol. The summed E-state index contributed by atoms with van der Waals surface area (Å²) in [5.74, 6) is 1.48. The van der Waals surface area contributed by atoms with Crippen molar-refractivity contribution in [3.05, 3.63) is 76.1 Å². The Balaban J connectivity index is 1.45. The van der Waals surface area contributed by atoms with Crippen LogP contribution >= 0.6 is 0 Å². The lowest BCUT2D eigenvalue weighted by Gasteiger charge is -2.28. The number of aliphatic hydroxyl groups excluding tert-OH is 1. The molecule has 0 bridgehead atoms. The van der Waals surface area contributed by atoms with Gasteiger partial charge in [0, 0.05) is 28.5 Å². The van der Waals surface area contributed by atoms with E-state index in [0.717, 1.165) is 5.56 Å². The molecule has 5 rings (SSSR count). The zero-order valence-corrected chi connectivity index (χ0v) is 23.2. The SMILES string of the molecule is COc1cccc(-c2cc(C(=O)Nc3cc4cc(OC)c(O[C@@H]5C[C@H](O)CCO5)c(C)c4oc3=O)ccc2OC)c1. The predicted octanol–water partition coefficient (Wildman–Crippen LogP) is 4.92. The molecule has 1 fully saturated rings. The molecular formula is C31H31NO9. The summed E-state index contributed by atoms with van der Waals surface area (Å²) >= 11 is 0. The molecule has 2 N–H and O–H groups in total. The van der Waals surface area contributed by atoms with E-state index >= 15 is 0 Å². The van der Waals surface area contributed by atoms with Crippen LogP contribution in [0.2, 0.25) is 0 Å². The zero-order chi connectivity index (χ0) is 29.1. The van der Waals surface area contributed by atoms with E-state index in [1.807, 2.05) is 24.3 Å². The van der Waals surface area contributed by atoms with Gasteiger partial charge in [-0.05, 0) is 61.4 Å². The molecule has 0 saturated carbocycles. The van der Waals surface area contributed by atoms with Gasteiger partial charge in [0.15, 0.2) is 11.5 Å². The summed E-state index contributed by atoms with van der Waals surface area (Å²) in [4.78, 5) is 26.2. The maximum Gasteiger partial charge on any atom is 0.360 e. The van der Waals surface area contributed by atoms with E-state index in [1.165, 1.54) is 13.2 Å². The largest absolute Gasteiger partial charge is 0.497 e. The van der Waals surface area contributed by atoms with Crippen molar-refractivity contribution < 1.29 is 38.0 Å². The van der Waals surface area contributed by atoms with Crippen LogP contribution in [0.15, 0.2) is 63.8 Å². The number of amides is 1. The predicted molar refractivity (Wildman–Crippen MR) is 152 cm³/mol. The molecule has 1 saturated heterocycles. The van der Waals surface area contributed by atoms with Crippen molar-refractivity contribution in [2.75, 3.05) is 33.3 Å². The number of anilines is 1. The Morgan fingerprint density at radius 2 is 1.80 bits per heavy atom. The highest BCUT2D eigenvalue weighted by atomic mass is 16.7. The molecule has 4 aromatic rings. The standard InChI is InChI=1S/C31H31NO9/c1-17-28-20(15-26(38-4)29(17)40-27-16-21(33)10-11-39-27)14-24(31(35)41-28)32-30(34)19-8-9-25(37-3)23(13-19)18-6-5-7-22(12-18)36-2/h5-9,12-15,21,27,33H,10-11,16H2,1-4H3,(H,32,34)/t21-,27-/m1/s1. The van der Waals surface area contributed by atoms with Crippen LogP contribution in [0, 0.1) is 6.92 Å². The lowest BCUT2D eigenvalue weighted by Crippen LogP contribution is -2.33. The molecule has 2 atom stereocenters. The van der Waals surface area contributed by atoms with E-state index in [4.69, 9.17) is 28.1 Å². The molecule has 1 aliphatic rings. The fourth-order valence-corrected chi connectivity index (χ4v) is 4.78.